The molecule has 9 aromatic carbocycles. The number of rotatable bonds is 7. The molecule has 0 unspecified atom stereocenters. The van der Waals surface area contributed by atoms with Gasteiger partial charge in [0.15, 0.2) is 0 Å². The van der Waals surface area contributed by atoms with Gasteiger partial charge in [-0.3, -0.25) is 0 Å². The van der Waals surface area contributed by atoms with Crippen molar-refractivity contribution in [2.45, 2.75) is 5.41 Å². The number of fused-ring (bicyclic) bond motifs is 4. The van der Waals surface area contributed by atoms with Crippen LogP contribution in [0.2, 0.25) is 0 Å². The van der Waals surface area contributed by atoms with Gasteiger partial charge in [-0.05, 0) is 109 Å². The quantitative estimate of drug-likeness (QED) is 0.161. The number of para-hydroxylation sites is 1. The Hall–Kier alpha value is -6.96. The van der Waals surface area contributed by atoms with E-state index in [0.717, 1.165) is 17.1 Å². The molecule has 0 radical (unpaired) electrons. The first-order valence-corrected chi connectivity index (χ1v) is 18.7. The van der Waals surface area contributed by atoms with Crippen molar-refractivity contribution in [1.29, 1.82) is 0 Å². The molecule has 0 atom stereocenters. The fraction of sp³-hybridized carbons (Fsp3) is 0.0189. The van der Waals surface area contributed by atoms with Crippen molar-refractivity contribution in [1.82, 2.24) is 0 Å². The van der Waals surface area contributed by atoms with E-state index in [0.29, 0.717) is 0 Å². The third-order valence-electron chi connectivity index (χ3n) is 11.2. The number of anilines is 3. The second kappa shape index (κ2) is 13.2. The highest BCUT2D eigenvalue weighted by Gasteiger charge is 2.45. The zero-order valence-corrected chi connectivity index (χ0v) is 29.8. The summed E-state index contributed by atoms with van der Waals surface area (Å²) in [5.74, 6) is 0. The SMILES string of the molecule is c1ccc(-c2cccc3cc(-c4ccc(N(c5ccccc5)c5ccc(C6(c7ccccc7)c7ccccc7-c7ccccc76)cc5)cc4)ccc23)cc1. The summed E-state index contributed by atoms with van der Waals surface area (Å²) in [7, 11) is 0. The number of hydrogen-bond acceptors (Lipinski definition) is 1. The molecule has 54 heavy (non-hydrogen) atoms. The molecule has 1 aliphatic carbocycles. The Kier molecular flexibility index (Phi) is 7.78. The van der Waals surface area contributed by atoms with E-state index in [4.69, 9.17) is 0 Å². The highest BCUT2D eigenvalue weighted by molar-refractivity contribution is 5.99. The van der Waals surface area contributed by atoms with Crippen LogP contribution < -0.4 is 4.90 Å². The number of nitrogens with zero attached hydrogens (tertiary/aromatic N) is 1. The lowest BCUT2D eigenvalue weighted by Crippen LogP contribution is -2.28. The number of hydrogen-bond donors (Lipinski definition) is 0. The molecule has 0 aromatic heterocycles. The zero-order valence-electron chi connectivity index (χ0n) is 29.8. The van der Waals surface area contributed by atoms with Crippen LogP contribution in [-0.2, 0) is 5.41 Å². The molecule has 0 heterocycles. The summed E-state index contributed by atoms with van der Waals surface area (Å²) in [6.45, 7) is 0. The van der Waals surface area contributed by atoms with E-state index in [1.165, 1.54) is 66.4 Å². The molecule has 9 aromatic rings. The van der Waals surface area contributed by atoms with Gasteiger partial charge in [0.1, 0.15) is 0 Å². The van der Waals surface area contributed by atoms with Crippen LogP contribution in [0, 0.1) is 0 Å². The maximum Gasteiger partial charge on any atom is 0.0713 e. The molecule has 0 saturated carbocycles. The Bertz CT molecular complexity index is 2690. The predicted molar refractivity (Wildman–Crippen MR) is 227 cm³/mol. The van der Waals surface area contributed by atoms with Gasteiger partial charge in [0.2, 0.25) is 0 Å². The first-order valence-electron chi connectivity index (χ1n) is 18.7. The van der Waals surface area contributed by atoms with Crippen LogP contribution in [0.3, 0.4) is 0 Å². The van der Waals surface area contributed by atoms with Gasteiger partial charge in [0.05, 0.1) is 5.41 Å². The molecular formula is C53H37N. The van der Waals surface area contributed by atoms with Gasteiger partial charge >= 0.3 is 0 Å². The molecule has 0 aliphatic heterocycles. The lowest BCUT2D eigenvalue weighted by molar-refractivity contribution is 0.768. The second-order valence-corrected chi connectivity index (χ2v) is 14.1. The molecular weight excluding hydrogens is 651 g/mol. The van der Waals surface area contributed by atoms with Gasteiger partial charge in [-0.25, -0.2) is 0 Å². The summed E-state index contributed by atoms with van der Waals surface area (Å²) in [4.78, 5) is 2.35. The van der Waals surface area contributed by atoms with Crippen LogP contribution >= 0.6 is 0 Å². The fourth-order valence-corrected chi connectivity index (χ4v) is 8.73. The van der Waals surface area contributed by atoms with Crippen molar-refractivity contribution >= 4 is 27.8 Å². The van der Waals surface area contributed by atoms with Gasteiger partial charge in [0, 0.05) is 17.1 Å². The summed E-state index contributed by atoms with van der Waals surface area (Å²) >= 11 is 0. The zero-order chi connectivity index (χ0) is 35.9. The third kappa shape index (κ3) is 5.17. The average molecular weight is 688 g/mol. The molecule has 0 N–H and O–H groups in total. The molecule has 10 rings (SSSR count). The van der Waals surface area contributed by atoms with Crippen LogP contribution in [0.4, 0.5) is 17.1 Å². The lowest BCUT2D eigenvalue weighted by atomic mass is 9.68. The Morgan fingerprint density at radius 3 is 1.43 bits per heavy atom. The molecule has 0 amide bonds. The monoisotopic (exact) mass is 687 g/mol. The Labute approximate surface area is 317 Å². The van der Waals surface area contributed by atoms with E-state index in [1.807, 2.05) is 0 Å². The average Bonchev–Trinajstić information content (AvgIpc) is 3.56. The first-order chi connectivity index (χ1) is 26.8. The normalized spacial score (nSPS) is 12.6. The molecule has 1 nitrogen and oxygen atoms in total. The second-order valence-electron chi connectivity index (χ2n) is 14.1. The molecule has 0 saturated heterocycles. The van der Waals surface area contributed by atoms with E-state index in [9.17, 15) is 0 Å². The van der Waals surface area contributed by atoms with Crippen molar-refractivity contribution in [2.24, 2.45) is 0 Å². The van der Waals surface area contributed by atoms with Gasteiger partial charge in [-0.2, -0.15) is 0 Å². The minimum Gasteiger partial charge on any atom is -0.311 e. The smallest absolute Gasteiger partial charge is 0.0713 e. The third-order valence-corrected chi connectivity index (χ3v) is 11.2. The van der Waals surface area contributed by atoms with Crippen LogP contribution in [0.25, 0.3) is 44.2 Å². The van der Waals surface area contributed by atoms with Crippen LogP contribution in [0.1, 0.15) is 22.3 Å². The molecule has 1 heteroatoms. The van der Waals surface area contributed by atoms with Crippen LogP contribution in [-0.4, -0.2) is 0 Å². The van der Waals surface area contributed by atoms with Gasteiger partial charge < -0.3 is 4.90 Å². The van der Waals surface area contributed by atoms with Crippen molar-refractivity contribution < 1.29 is 0 Å². The van der Waals surface area contributed by atoms with Gasteiger partial charge in [-0.15, -0.1) is 0 Å². The maximum atomic E-state index is 2.35. The Morgan fingerprint density at radius 2 is 0.778 bits per heavy atom. The number of benzene rings is 9. The summed E-state index contributed by atoms with van der Waals surface area (Å²) < 4.78 is 0. The minimum atomic E-state index is -0.423. The summed E-state index contributed by atoms with van der Waals surface area (Å²) in [5.41, 5.74) is 15.6. The Morgan fingerprint density at radius 1 is 0.296 bits per heavy atom. The topological polar surface area (TPSA) is 3.24 Å². The van der Waals surface area contributed by atoms with Crippen LogP contribution in [0.5, 0.6) is 0 Å². The van der Waals surface area contributed by atoms with Crippen molar-refractivity contribution in [3.05, 3.63) is 247 Å². The summed E-state index contributed by atoms with van der Waals surface area (Å²) in [6, 6.07) is 81.8. The Balaban J connectivity index is 1.05. The van der Waals surface area contributed by atoms with E-state index in [2.05, 4.69) is 229 Å². The minimum absolute atomic E-state index is 0.423. The molecule has 254 valence electrons. The standard InChI is InChI=1S/C53H37N/c1-4-15-39(16-5-1)47-24-14-17-41-37-40(29-36-48(41)47)38-27-32-45(33-28-38)54(44-20-8-3-9-21-44)46-34-30-43(31-35-46)53(42-18-6-2-7-19-42)51-25-12-10-22-49(51)50-23-11-13-26-52(50)53/h1-37H. The molecule has 1 aliphatic rings. The lowest BCUT2D eigenvalue weighted by Gasteiger charge is -2.34. The summed E-state index contributed by atoms with van der Waals surface area (Å²) in [6.07, 6.45) is 0. The van der Waals surface area contributed by atoms with Gasteiger partial charge in [-0.1, -0.05) is 182 Å². The summed E-state index contributed by atoms with van der Waals surface area (Å²) in [5, 5.41) is 2.51. The fourth-order valence-electron chi connectivity index (χ4n) is 8.73. The molecule has 0 spiro atoms. The van der Waals surface area contributed by atoms with Gasteiger partial charge in [0.25, 0.3) is 0 Å². The highest BCUT2D eigenvalue weighted by Crippen LogP contribution is 2.56. The maximum absolute atomic E-state index is 2.35. The van der Waals surface area contributed by atoms with Crippen molar-refractivity contribution in [2.75, 3.05) is 4.90 Å². The van der Waals surface area contributed by atoms with Crippen molar-refractivity contribution in [3.63, 3.8) is 0 Å². The van der Waals surface area contributed by atoms with Crippen molar-refractivity contribution in [3.8, 4) is 33.4 Å². The highest BCUT2D eigenvalue weighted by atomic mass is 15.1. The van der Waals surface area contributed by atoms with E-state index in [-0.39, 0.29) is 0 Å². The van der Waals surface area contributed by atoms with E-state index in [1.54, 1.807) is 0 Å². The molecule has 0 bridgehead atoms. The van der Waals surface area contributed by atoms with E-state index < -0.39 is 5.41 Å². The first kappa shape index (κ1) is 31.7. The predicted octanol–water partition coefficient (Wildman–Crippen LogP) is 14.0. The molecule has 0 fully saturated rings. The largest absolute Gasteiger partial charge is 0.311 e. The van der Waals surface area contributed by atoms with Crippen LogP contribution in [0.15, 0.2) is 224 Å². The van der Waals surface area contributed by atoms with E-state index >= 15 is 0 Å².